The number of piperidine rings is 1. The summed E-state index contributed by atoms with van der Waals surface area (Å²) >= 11 is 0. The van der Waals surface area contributed by atoms with Crippen molar-refractivity contribution in [3.63, 3.8) is 0 Å². The molecule has 0 radical (unpaired) electrons. The lowest BCUT2D eigenvalue weighted by Gasteiger charge is -2.23. The van der Waals surface area contributed by atoms with Crippen LogP contribution in [0.1, 0.15) is 54.9 Å². The third-order valence-electron chi connectivity index (χ3n) is 4.11. The quantitative estimate of drug-likeness (QED) is 0.838. The monoisotopic (exact) mass is 257 g/mol. The Morgan fingerprint density at radius 1 is 1.21 bits per heavy atom. The Kier molecular flexibility index (Phi) is 4.81. The predicted molar refractivity (Wildman–Crippen MR) is 84.6 cm³/mol. The van der Waals surface area contributed by atoms with Crippen LogP contribution in [0.15, 0.2) is 17.7 Å². The van der Waals surface area contributed by atoms with Crippen molar-refractivity contribution < 1.29 is 0 Å². The van der Waals surface area contributed by atoms with E-state index in [0.717, 1.165) is 0 Å². The highest BCUT2D eigenvalue weighted by Crippen LogP contribution is 2.22. The molecule has 0 amide bonds. The maximum Gasteiger partial charge on any atom is 0.0104 e. The highest BCUT2D eigenvalue weighted by molar-refractivity contribution is 5.60. The molecular formula is C18H27N. The molecule has 1 unspecified atom stereocenters. The van der Waals surface area contributed by atoms with Crippen LogP contribution < -0.4 is 5.32 Å². The zero-order chi connectivity index (χ0) is 13.8. The van der Waals surface area contributed by atoms with Gasteiger partial charge in [-0.1, -0.05) is 35.8 Å². The molecule has 1 N–H and O–H groups in total. The van der Waals surface area contributed by atoms with Gasteiger partial charge in [0.1, 0.15) is 0 Å². The molecule has 104 valence electrons. The van der Waals surface area contributed by atoms with E-state index in [0.29, 0.717) is 6.04 Å². The minimum absolute atomic E-state index is 0.691. The lowest BCUT2D eigenvalue weighted by molar-refractivity contribution is 0.399. The van der Waals surface area contributed by atoms with Crippen molar-refractivity contribution in [3.05, 3.63) is 40.0 Å². The normalized spacial score (nSPS) is 20.6. The molecule has 0 saturated carbocycles. The van der Waals surface area contributed by atoms with Crippen molar-refractivity contribution >= 4 is 6.08 Å². The zero-order valence-corrected chi connectivity index (χ0v) is 12.8. The summed E-state index contributed by atoms with van der Waals surface area (Å²) in [6.45, 7) is 10.1. The van der Waals surface area contributed by atoms with Crippen LogP contribution in [-0.4, -0.2) is 12.6 Å². The number of rotatable bonds is 3. The highest BCUT2D eigenvalue weighted by atomic mass is 14.9. The van der Waals surface area contributed by atoms with E-state index < -0.39 is 0 Å². The summed E-state index contributed by atoms with van der Waals surface area (Å²) < 4.78 is 0. The summed E-state index contributed by atoms with van der Waals surface area (Å²) in [4.78, 5) is 0. The van der Waals surface area contributed by atoms with E-state index in [1.807, 2.05) is 0 Å². The van der Waals surface area contributed by atoms with Crippen LogP contribution in [0, 0.1) is 20.8 Å². The summed E-state index contributed by atoms with van der Waals surface area (Å²) in [7, 11) is 0. The third-order valence-corrected chi connectivity index (χ3v) is 4.11. The van der Waals surface area contributed by atoms with E-state index in [4.69, 9.17) is 0 Å². The van der Waals surface area contributed by atoms with E-state index >= 15 is 0 Å². The van der Waals surface area contributed by atoms with Gasteiger partial charge in [0.25, 0.3) is 0 Å². The first-order chi connectivity index (χ1) is 9.06. The Labute approximate surface area is 118 Å². The molecule has 1 aromatic rings. The van der Waals surface area contributed by atoms with Gasteiger partial charge in [0.2, 0.25) is 0 Å². The van der Waals surface area contributed by atoms with Crippen molar-refractivity contribution in [2.24, 2.45) is 0 Å². The molecule has 1 aliphatic heterocycles. The molecule has 1 saturated heterocycles. The van der Waals surface area contributed by atoms with Crippen molar-refractivity contribution in [2.45, 2.75) is 59.4 Å². The second-order valence-electron chi connectivity index (χ2n) is 6.15. The van der Waals surface area contributed by atoms with E-state index in [-0.39, 0.29) is 0 Å². The molecule has 1 aliphatic rings. The van der Waals surface area contributed by atoms with Crippen LogP contribution in [0.3, 0.4) is 0 Å². The van der Waals surface area contributed by atoms with Gasteiger partial charge < -0.3 is 5.32 Å². The first-order valence-electron chi connectivity index (χ1n) is 7.54. The zero-order valence-electron chi connectivity index (χ0n) is 12.8. The molecule has 1 atom stereocenters. The molecule has 0 aromatic heterocycles. The SMILES string of the molecule is CC(=Cc1c(C)cc(C)cc1C)CC1CCCCN1. The summed E-state index contributed by atoms with van der Waals surface area (Å²) in [6.07, 6.45) is 7.63. The van der Waals surface area contributed by atoms with Crippen LogP contribution in [-0.2, 0) is 0 Å². The van der Waals surface area contributed by atoms with Crippen molar-refractivity contribution in [1.82, 2.24) is 5.32 Å². The Morgan fingerprint density at radius 3 is 2.47 bits per heavy atom. The smallest absolute Gasteiger partial charge is 0.0104 e. The number of aryl methyl sites for hydroxylation is 3. The molecule has 0 spiro atoms. The lowest BCUT2D eigenvalue weighted by atomic mass is 9.94. The van der Waals surface area contributed by atoms with Gasteiger partial charge in [0.05, 0.1) is 0 Å². The molecule has 19 heavy (non-hydrogen) atoms. The van der Waals surface area contributed by atoms with Gasteiger partial charge in [-0.15, -0.1) is 0 Å². The lowest BCUT2D eigenvalue weighted by Crippen LogP contribution is -2.33. The first-order valence-corrected chi connectivity index (χ1v) is 7.54. The summed E-state index contributed by atoms with van der Waals surface area (Å²) in [5.41, 5.74) is 7.06. The molecule has 1 heterocycles. The van der Waals surface area contributed by atoms with E-state index in [1.54, 1.807) is 0 Å². The molecule has 1 nitrogen and oxygen atoms in total. The molecule has 1 fully saturated rings. The minimum Gasteiger partial charge on any atom is -0.314 e. The van der Waals surface area contributed by atoms with Crippen LogP contribution in [0.25, 0.3) is 6.08 Å². The van der Waals surface area contributed by atoms with E-state index in [2.05, 4.69) is 51.2 Å². The fourth-order valence-electron chi connectivity index (χ4n) is 3.21. The summed E-state index contributed by atoms with van der Waals surface area (Å²) in [5, 5.41) is 3.63. The van der Waals surface area contributed by atoms with Crippen LogP contribution >= 0.6 is 0 Å². The van der Waals surface area contributed by atoms with Gasteiger partial charge >= 0.3 is 0 Å². The largest absolute Gasteiger partial charge is 0.314 e. The molecule has 1 aromatic carbocycles. The van der Waals surface area contributed by atoms with Gasteiger partial charge in [0, 0.05) is 6.04 Å². The van der Waals surface area contributed by atoms with Crippen LogP contribution in [0.2, 0.25) is 0 Å². The second-order valence-corrected chi connectivity index (χ2v) is 6.15. The Bertz CT molecular complexity index is 442. The first kappa shape index (κ1) is 14.3. The van der Waals surface area contributed by atoms with Crippen molar-refractivity contribution in [2.75, 3.05) is 6.54 Å². The number of benzene rings is 1. The fourth-order valence-corrected chi connectivity index (χ4v) is 3.21. The second kappa shape index (κ2) is 6.38. The van der Waals surface area contributed by atoms with E-state index in [9.17, 15) is 0 Å². The molecule has 1 heteroatoms. The summed E-state index contributed by atoms with van der Waals surface area (Å²) in [6, 6.07) is 5.26. The van der Waals surface area contributed by atoms with Gasteiger partial charge in [-0.2, -0.15) is 0 Å². The topological polar surface area (TPSA) is 12.0 Å². The molecule has 0 bridgehead atoms. The Morgan fingerprint density at radius 2 is 1.89 bits per heavy atom. The van der Waals surface area contributed by atoms with Crippen LogP contribution in [0.4, 0.5) is 0 Å². The minimum atomic E-state index is 0.691. The average molecular weight is 257 g/mol. The third kappa shape index (κ3) is 3.94. The highest BCUT2D eigenvalue weighted by Gasteiger charge is 2.12. The van der Waals surface area contributed by atoms with Gasteiger partial charge in [0.15, 0.2) is 0 Å². The maximum absolute atomic E-state index is 3.63. The maximum atomic E-state index is 3.63. The van der Waals surface area contributed by atoms with E-state index in [1.165, 1.54) is 60.1 Å². The van der Waals surface area contributed by atoms with Crippen LogP contribution in [0.5, 0.6) is 0 Å². The predicted octanol–water partition coefficient (Wildman–Crippen LogP) is 4.55. The van der Waals surface area contributed by atoms with Crippen molar-refractivity contribution in [1.29, 1.82) is 0 Å². The molecular weight excluding hydrogens is 230 g/mol. The van der Waals surface area contributed by atoms with Crippen molar-refractivity contribution in [3.8, 4) is 0 Å². The summed E-state index contributed by atoms with van der Waals surface area (Å²) in [5.74, 6) is 0. The average Bonchev–Trinajstić information content (AvgIpc) is 2.35. The number of nitrogens with one attached hydrogen (secondary N) is 1. The number of hydrogen-bond donors (Lipinski definition) is 1. The van der Waals surface area contributed by atoms with Gasteiger partial charge in [-0.3, -0.25) is 0 Å². The Balaban J connectivity index is 2.11. The Hall–Kier alpha value is -1.08. The van der Waals surface area contributed by atoms with Gasteiger partial charge in [-0.05, 0) is 70.2 Å². The molecule has 0 aliphatic carbocycles. The fraction of sp³-hybridized carbons (Fsp3) is 0.556. The standard InChI is InChI=1S/C18H27N/c1-13-9-15(3)18(16(4)10-13)12-14(2)11-17-7-5-6-8-19-17/h9-10,12,17,19H,5-8,11H2,1-4H3. The van der Waals surface area contributed by atoms with Gasteiger partial charge in [-0.25, -0.2) is 0 Å². The number of hydrogen-bond acceptors (Lipinski definition) is 1. The molecule has 2 rings (SSSR count).